The van der Waals surface area contributed by atoms with E-state index in [-0.39, 0.29) is 0 Å². The maximum absolute atomic E-state index is 11.0. The van der Waals surface area contributed by atoms with Gasteiger partial charge in [0.25, 0.3) is 0 Å². The minimum atomic E-state index is -0.996. The summed E-state index contributed by atoms with van der Waals surface area (Å²) >= 11 is 3.34. The highest BCUT2D eigenvalue weighted by Crippen LogP contribution is 2.28. The number of aliphatic carboxylic acids is 1. The number of ether oxygens (including phenoxy) is 2. The van der Waals surface area contributed by atoms with E-state index < -0.39 is 18.2 Å². The summed E-state index contributed by atoms with van der Waals surface area (Å²) in [6.07, 6.45) is -1.47. The van der Waals surface area contributed by atoms with E-state index in [1.165, 1.54) is 0 Å². The number of halogens is 1. The number of hydrogen-bond acceptors (Lipinski definition) is 3. The molecule has 2 atom stereocenters. The lowest BCUT2D eigenvalue weighted by atomic mass is 10.0. The lowest BCUT2D eigenvalue weighted by Gasteiger charge is -2.29. The quantitative estimate of drug-likeness (QED) is 0.903. The Morgan fingerprint density at radius 1 is 1.38 bits per heavy atom. The van der Waals surface area contributed by atoms with Crippen LogP contribution in [0.3, 0.4) is 0 Å². The maximum atomic E-state index is 11.0. The van der Waals surface area contributed by atoms with Gasteiger partial charge in [0.15, 0.2) is 6.10 Å². The van der Waals surface area contributed by atoms with Gasteiger partial charge in [-0.2, -0.15) is 0 Å². The fraction of sp³-hybridized carbons (Fsp3) is 0.364. The molecule has 2 unspecified atom stereocenters. The normalized spacial score (nSPS) is 25.3. The lowest BCUT2D eigenvalue weighted by molar-refractivity contribution is -0.181. The number of rotatable bonds is 2. The zero-order valence-corrected chi connectivity index (χ0v) is 10.0. The second-order valence-corrected chi connectivity index (χ2v) is 4.39. The summed E-state index contributed by atoms with van der Waals surface area (Å²) in [6.45, 7) is 0.739. The van der Waals surface area contributed by atoms with Gasteiger partial charge in [-0.25, -0.2) is 4.79 Å². The van der Waals surface area contributed by atoms with Crippen LogP contribution in [-0.2, 0) is 14.3 Å². The second kappa shape index (κ2) is 4.95. The van der Waals surface area contributed by atoms with Crippen molar-refractivity contribution in [2.75, 3.05) is 13.2 Å². The Morgan fingerprint density at radius 2 is 2.12 bits per heavy atom. The molecular weight excluding hydrogens is 276 g/mol. The van der Waals surface area contributed by atoms with E-state index in [1.54, 1.807) is 0 Å². The molecule has 1 aromatic carbocycles. The minimum absolute atomic E-state index is 0.321. The van der Waals surface area contributed by atoms with Crippen molar-refractivity contribution < 1.29 is 19.4 Å². The van der Waals surface area contributed by atoms with Crippen molar-refractivity contribution in [3.05, 3.63) is 34.3 Å². The predicted molar refractivity (Wildman–Crippen MR) is 60.2 cm³/mol. The third-order valence-corrected chi connectivity index (χ3v) is 2.87. The summed E-state index contributed by atoms with van der Waals surface area (Å²) < 4.78 is 11.6. The molecule has 0 saturated carbocycles. The largest absolute Gasteiger partial charge is 0.479 e. The Morgan fingerprint density at radius 3 is 2.81 bits per heavy atom. The lowest BCUT2D eigenvalue weighted by Crippen LogP contribution is -2.38. The topological polar surface area (TPSA) is 55.8 Å². The first-order valence-electron chi connectivity index (χ1n) is 4.90. The Labute approximate surface area is 101 Å². The number of carboxylic acids is 1. The fourth-order valence-electron chi connectivity index (χ4n) is 1.68. The van der Waals surface area contributed by atoms with Crippen molar-refractivity contribution >= 4 is 21.9 Å². The summed E-state index contributed by atoms with van der Waals surface area (Å²) in [5.74, 6) is -0.996. The number of carbonyl (C=O) groups is 1. The molecule has 0 amide bonds. The van der Waals surface area contributed by atoms with Crippen molar-refractivity contribution in [3.63, 3.8) is 0 Å². The van der Waals surface area contributed by atoms with E-state index in [2.05, 4.69) is 15.9 Å². The molecule has 1 heterocycles. The van der Waals surface area contributed by atoms with Crippen molar-refractivity contribution in [1.29, 1.82) is 0 Å². The average molecular weight is 287 g/mol. The summed E-state index contributed by atoms with van der Waals surface area (Å²) in [5, 5.41) is 9.02. The van der Waals surface area contributed by atoms with E-state index in [1.807, 2.05) is 24.3 Å². The van der Waals surface area contributed by atoms with Crippen LogP contribution in [-0.4, -0.2) is 30.4 Å². The summed E-state index contributed by atoms with van der Waals surface area (Å²) in [5.41, 5.74) is 0.807. The first kappa shape index (κ1) is 11.6. The first-order valence-corrected chi connectivity index (χ1v) is 5.69. The van der Waals surface area contributed by atoms with Crippen LogP contribution in [0.4, 0.5) is 0 Å². The van der Waals surface area contributed by atoms with Crippen LogP contribution in [0.1, 0.15) is 11.7 Å². The molecule has 0 spiro atoms. The van der Waals surface area contributed by atoms with Crippen LogP contribution in [0.15, 0.2) is 28.7 Å². The fourth-order valence-corrected chi connectivity index (χ4v) is 2.10. The van der Waals surface area contributed by atoms with E-state index in [4.69, 9.17) is 14.6 Å². The van der Waals surface area contributed by atoms with Crippen LogP contribution in [0.25, 0.3) is 0 Å². The first-order chi connectivity index (χ1) is 7.68. The zero-order chi connectivity index (χ0) is 11.5. The molecule has 1 aliphatic rings. The maximum Gasteiger partial charge on any atom is 0.335 e. The average Bonchev–Trinajstić information content (AvgIpc) is 2.29. The van der Waals surface area contributed by atoms with E-state index in [9.17, 15) is 4.79 Å². The van der Waals surface area contributed by atoms with Crippen molar-refractivity contribution in [1.82, 2.24) is 0 Å². The Kier molecular flexibility index (Phi) is 3.58. The van der Waals surface area contributed by atoms with Crippen LogP contribution < -0.4 is 0 Å². The number of carboxylic acid groups (broad SMARTS) is 1. The Bertz CT molecular complexity index is 393. The highest BCUT2D eigenvalue weighted by Gasteiger charge is 2.34. The van der Waals surface area contributed by atoms with Gasteiger partial charge in [-0.05, 0) is 17.7 Å². The molecule has 1 aromatic rings. The van der Waals surface area contributed by atoms with Gasteiger partial charge in [-0.3, -0.25) is 0 Å². The second-order valence-electron chi connectivity index (χ2n) is 3.48. The monoisotopic (exact) mass is 286 g/mol. The van der Waals surface area contributed by atoms with Crippen LogP contribution in [0.5, 0.6) is 0 Å². The summed E-state index contributed by atoms with van der Waals surface area (Å²) in [6, 6.07) is 7.40. The van der Waals surface area contributed by atoms with Gasteiger partial charge < -0.3 is 14.6 Å². The highest BCUT2D eigenvalue weighted by molar-refractivity contribution is 9.10. The molecule has 1 saturated heterocycles. The van der Waals surface area contributed by atoms with Gasteiger partial charge in [0.1, 0.15) is 6.10 Å². The van der Waals surface area contributed by atoms with Crippen LogP contribution >= 0.6 is 15.9 Å². The van der Waals surface area contributed by atoms with Crippen molar-refractivity contribution in [2.24, 2.45) is 0 Å². The molecule has 16 heavy (non-hydrogen) atoms. The van der Waals surface area contributed by atoms with Gasteiger partial charge in [-0.1, -0.05) is 28.1 Å². The smallest absolute Gasteiger partial charge is 0.335 e. The molecule has 1 aliphatic heterocycles. The zero-order valence-electron chi connectivity index (χ0n) is 8.43. The molecule has 1 N–H and O–H groups in total. The Balaban J connectivity index is 2.26. The van der Waals surface area contributed by atoms with Gasteiger partial charge >= 0.3 is 5.97 Å². The molecule has 2 rings (SSSR count). The van der Waals surface area contributed by atoms with Gasteiger partial charge in [0.2, 0.25) is 0 Å². The number of hydrogen-bond donors (Lipinski definition) is 1. The predicted octanol–water partition coefficient (Wildman–Crippen LogP) is 1.99. The molecule has 0 aliphatic carbocycles. The third-order valence-electron chi connectivity index (χ3n) is 2.37. The van der Waals surface area contributed by atoms with Crippen molar-refractivity contribution in [2.45, 2.75) is 12.2 Å². The van der Waals surface area contributed by atoms with Gasteiger partial charge in [0, 0.05) is 4.47 Å². The van der Waals surface area contributed by atoms with E-state index >= 15 is 0 Å². The molecule has 1 fully saturated rings. The van der Waals surface area contributed by atoms with E-state index in [0.717, 1.165) is 10.0 Å². The van der Waals surface area contributed by atoms with Crippen molar-refractivity contribution in [3.8, 4) is 0 Å². The van der Waals surface area contributed by atoms with Crippen LogP contribution in [0.2, 0.25) is 0 Å². The molecule has 4 nitrogen and oxygen atoms in total. The van der Waals surface area contributed by atoms with Gasteiger partial charge in [0.05, 0.1) is 13.2 Å². The standard InChI is InChI=1S/C11H11BrO4/c12-8-3-1-2-7(6-8)9-10(11(13)14)16-5-4-15-9/h1-3,6,9-10H,4-5H2,(H,13,14). The summed E-state index contributed by atoms with van der Waals surface area (Å²) in [4.78, 5) is 11.0. The minimum Gasteiger partial charge on any atom is -0.479 e. The molecule has 0 radical (unpaired) electrons. The third kappa shape index (κ3) is 2.42. The summed E-state index contributed by atoms with van der Waals surface area (Å²) in [7, 11) is 0. The molecule has 0 aromatic heterocycles. The molecule has 5 heteroatoms. The van der Waals surface area contributed by atoms with E-state index in [0.29, 0.717) is 13.2 Å². The molecular formula is C11H11BrO4. The Hall–Kier alpha value is -0.910. The van der Waals surface area contributed by atoms with Crippen LogP contribution in [0, 0.1) is 0 Å². The SMILES string of the molecule is O=C(O)C1OCCOC1c1cccc(Br)c1. The molecule has 0 bridgehead atoms. The molecule has 86 valence electrons. The van der Waals surface area contributed by atoms with Gasteiger partial charge in [-0.15, -0.1) is 0 Å². The highest BCUT2D eigenvalue weighted by atomic mass is 79.9. The number of benzene rings is 1.